The average molecular weight is 124 g/mol. The van der Waals surface area contributed by atoms with Crippen molar-refractivity contribution in [1.82, 2.24) is 0 Å². The molecule has 0 spiro atoms. The van der Waals surface area contributed by atoms with Crippen LogP contribution in [0.3, 0.4) is 0 Å². The first kappa shape index (κ1) is 5.95. The topological polar surface area (TPSA) is 17.1 Å². The molecule has 0 radical (unpaired) electrons. The Kier molecular flexibility index (Phi) is 1.30. The zero-order chi connectivity index (χ0) is 6.85. The molecule has 0 heterocycles. The van der Waals surface area contributed by atoms with Gasteiger partial charge in [-0.1, -0.05) is 18.7 Å². The highest BCUT2D eigenvalue weighted by molar-refractivity contribution is 6.09. The molecular weight excluding hydrogens is 119 g/mol. The predicted octanol–water partition coefficient (Wildman–Crippen LogP) is 1.53. The molecule has 0 fully saturated rings. The summed E-state index contributed by atoms with van der Waals surface area (Å²) in [7, 11) is 0. The maximum atomic E-state index is 12.2. The van der Waals surface area contributed by atoms with E-state index in [4.69, 9.17) is 0 Å². The van der Waals surface area contributed by atoms with E-state index in [9.17, 15) is 9.18 Å². The zero-order valence-corrected chi connectivity index (χ0v) is 4.73. The summed E-state index contributed by atoms with van der Waals surface area (Å²) < 4.78 is 12.2. The van der Waals surface area contributed by atoms with Gasteiger partial charge in [0, 0.05) is 5.57 Å². The lowest BCUT2D eigenvalue weighted by Gasteiger charge is -1.98. The zero-order valence-electron chi connectivity index (χ0n) is 4.73. The van der Waals surface area contributed by atoms with Crippen LogP contribution in [0.2, 0.25) is 0 Å². The first-order valence-corrected chi connectivity index (χ1v) is 2.49. The largest absolute Gasteiger partial charge is 0.286 e. The SMILES string of the molecule is C=C1C=CC=C(F)C1=O. The molecule has 0 unspecified atom stereocenters. The number of ketones is 1. The number of rotatable bonds is 0. The van der Waals surface area contributed by atoms with Crippen molar-refractivity contribution in [2.45, 2.75) is 0 Å². The Labute approximate surface area is 52.2 Å². The van der Waals surface area contributed by atoms with E-state index >= 15 is 0 Å². The number of hydrogen-bond donors (Lipinski definition) is 0. The van der Waals surface area contributed by atoms with Crippen molar-refractivity contribution in [2.24, 2.45) is 0 Å². The number of allylic oxidation sites excluding steroid dienone is 5. The van der Waals surface area contributed by atoms with E-state index in [0.29, 0.717) is 0 Å². The molecule has 0 atom stereocenters. The van der Waals surface area contributed by atoms with Crippen molar-refractivity contribution in [3.05, 3.63) is 36.2 Å². The fourth-order valence-electron chi connectivity index (χ4n) is 0.554. The molecule has 9 heavy (non-hydrogen) atoms. The van der Waals surface area contributed by atoms with Gasteiger partial charge in [-0.15, -0.1) is 0 Å². The summed E-state index contributed by atoms with van der Waals surface area (Å²) in [6.07, 6.45) is 4.06. The normalized spacial score (nSPS) is 18.1. The molecule has 0 saturated carbocycles. The molecule has 0 aromatic heterocycles. The molecule has 0 aromatic rings. The van der Waals surface area contributed by atoms with Crippen LogP contribution in [-0.2, 0) is 4.79 Å². The highest BCUT2D eigenvalue weighted by atomic mass is 19.1. The van der Waals surface area contributed by atoms with Crippen molar-refractivity contribution < 1.29 is 9.18 Å². The van der Waals surface area contributed by atoms with Crippen LogP contribution < -0.4 is 0 Å². The van der Waals surface area contributed by atoms with Gasteiger partial charge >= 0.3 is 0 Å². The van der Waals surface area contributed by atoms with Gasteiger partial charge in [-0.2, -0.15) is 0 Å². The van der Waals surface area contributed by atoms with Crippen LogP contribution in [0, 0.1) is 0 Å². The van der Waals surface area contributed by atoms with Crippen LogP contribution >= 0.6 is 0 Å². The average Bonchev–Trinajstić information content (AvgIpc) is 1.83. The Morgan fingerprint density at radius 2 is 2.22 bits per heavy atom. The lowest BCUT2D eigenvalue weighted by Crippen LogP contribution is -2.01. The smallest absolute Gasteiger partial charge is 0.220 e. The van der Waals surface area contributed by atoms with Gasteiger partial charge in [-0.25, -0.2) is 4.39 Å². The summed E-state index contributed by atoms with van der Waals surface area (Å²) in [4.78, 5) is 10.5. The van der Waals surface area contributed by atoms with E-state index < -0.39 is 11.6 Å². The summed E-state index contributed by atoms with van der Waals surface area (Å²) in [5, 5.41) is 0. The van der Waals surface area contributed by atoms with Crippen molar-refractivity contribution in [3.63, 3.8) is 0 Å². The minimum atomic E-state index is -0.734. The number of carbonyl (C=O) groups excluding carboxylic acids is 1. The molecular formula is C7H5FO. The number of carbonyl (C=O) groups is 1. The highest BCUT2D eigenvalue weighted by Gasteiger charge is 2.12. The van der Waals surface area contributed by atoms with Gasteiger partial charge in [-0.3, -0.25) is 4.79 Å². The van der Waals surface area contributed by atoms with Gasteiger partial charge in [0.15, 0.2) is 5.83 Å². The third kappa shape index (κ3) is 0.964. The number of Topliss-reactive ketones (excluding diaryl/α,β-unsaturated/α-hetero) is 1. The predicted molar refractivity (Wildman–Crippen MR) is 32.5 cm³/mol. The van der Waals surface area contributed by atoms with Gasteiger partial charge in [0.2, 0.25) is 5.78 Å². The maximum Gasteiger partial charge on any atom is 0.220 e. The summed E-state index contributed by atoms with van der Waals surface area (Å²) in [6, 6.07) is 0. The number of halogens is 1. The molecule has 0 amide bonds. The minimum Gasteiger partial charge on any atom is -0.286 e. The molecule has 1 aliphatic carbocycles. The monoisotopic (exact) mass is 124 g/mol. The van der Waals surface area contributed by atoms with Crippen LogP contribution in [0.4, 0.5) is 4.39 Å². The van der Waals surface area contributed by atoms with Crippen LogP contribution in [0.25, 0.3) is 0 Å². The Morgan fingerprint density at radius 3 is 2.67 bits per heavy atom. The standard InChI is InChI=1S/C7H5FO/c1-5-3-2-4-6(8)7(5)9/h2-4H,1H2. The van der Waals surface area contributed by atoms with Crippen molar-refractivity contribution >= 4 is 5.78 Å². The van der Waals surface area contributed by atoms with E-state index in [-0.39, 0.29) is 5.57 Å². The lowest BCUT2D eigenvalue weighted by atomic mass is 10.1. The minimum absolute atomic E-state index is 0.204. The van der Waals surface area contributed by atoms with E-state index in [1.807, 2.05) is 0 Å². The van der Waals surface area contributed by atoms with Gasteiger partial charge in [0.25, 0.3) is 0 Å². The molecule has 1 rings (SSSR count). The second-order valence-corrected chi connectivity index (χ2v) is 1.73. The molecule has 0 bridgehead atoms. The summed E-state index contributed by atoms with van der Waals surface area (Å²) >= 11 is 0. The van der Waals surface area contributed by atoms with Crippen molar-refractivity contribution in [1.29, 1.82) is 0 Å². The van der Waals surface area contributed by atoms with Crippen molar-refractivity contribution in [2.75, 3.05) is 0 Å². The molecule has 1 aliphatic rings. The molecule has 0 N–H and O–H groups in total. The molecule has 2 heteroatoms. The second-order valence-electron chi connectivity index (χ2n) is 1.73. The van der Waals surface area contributed by atoms with E-state index in [1.165, 1.54) is 12.2 Å². The molecule has 46 valence electrons. The lowest BCUT2D eigenvalue weighted by molar-refractivity contribution is -0.113. The van der Waals surface area contributed by atoms with Gasteiger partial charge in [-0.05, 0) is 6.08 Å². The summed E-state index contributed by atoms with van der Waals surface area (Å²) in [5.74, 6) is -1.35. The maximum absolute atomic E-state index is 12.2. The third-order valence-electron chi connectivity index (χ3n) is 1.05. The fourth-order valence-corrected chi connectivity index (χ4v) is 0.554. The summed E-state index contributed by atoms with van der Waals surface area (Å²) in [5.41, 5.74) is 0.204. The first-order chi connectivity index (χ1) is 4.22. The quantitative estimate of drug-likeness (QED) is 0.447. The second kappa shape index (κ2) is 1.97. The van der Waals surface area contributed by atoms with Crippen molar-refractivity contribution in [3.8, 4) is 0 Å². The summed E-state index contributed by atoms with van der Waals surface area (Å²) in [6.45, 7) is 3.33. The van der Waals surface area contributed by atoms with E-state index in [1.54, 1.807) is 0 Å². The van der Waals surface area contributed by atoms with Gasteiger partial charge in [0.1, 0.15) is 0 Å². The van der Waals surface area contributed by atoms with E-state index in [2.05, 4.69) is 6.58 Å². The molecule has 1 nitrogen and oxygen atoms in total. The Bertz CT molecular complexity index is 223. The Hall–Kier alpha value is -1.18. The van der Waals surface area contributed by atoms with Crippen LogP contribution in [0.5, 0.6) is 0 Å². The first-order valence-electron chi connectivity index (χ1n) is 2.49. The van der Waals surface area contributed by atoms with E-state index in [0.717, 1.165) is 6.08 Å². The highest BCUT2D eigenvalue weighted by Crippen LogP contribution is 2.11. The number of hydrogen-bond acceptors (Lipinski definition) is 1. The molecule has 0 aliphatic heterocycles. The fraction of sp³-hybridized carbons (Fsp3) is 0. The molecule has 0 aromatic carbocycles. The van der Waals surface area contributed by atoms with Crippen LogP contribution in [0.15, 0.2) is 36.2 Å². The molecule has 0 saturated heterocycles. The Morgan fingerprint density at radius 1 is 1.56 bits per heavy atom. The Balaban J connectivity index is 3.00. The van der Waals surface area contributed by atoms with Crippen LogP contribution in [-0.4, -0.2) is 5.78 Å². The third-order valence-corrected chi connectivity index (χ3v) is 1.05. The van der Waals surface area contributed by atoms with Gasteiger partial charge < -0.3 is 0 Å². The van der Waals surface area contributed by atoms with Crippen LogP contribution in [0.1, 0.15) is 0 Å². The van der Waals surface area contributed by atoms with Gasteiger partial charge in [0.05, 0.1) is 0 Å².